The van der Waals surface area contributed by atoms with E-state index in [4.69, 9.17) is 4.98 Å². The van der Waals surface area contributed by atoms with E-state index in [1.807, 2.05) is 29.5 Å². The van der Waals surface area contributed by atoms with Crippen LogP contribution in [0.25, 0.3) is 15.9 Å². The fourth-order valence-electron chi connectivity index (χ4n) is 5.02. The predicted molar refractivity (Wildman–Crippen MR) is 116 cm³/mol. The fraction of sp³-hybridized carbons (Fsp3) is 0.455. The Labute approximate surface area is 173 Å². The number of pyridine rings is 1. The number of anilines is 1. The van der Waals surface area contributed by atoms with Crippen LogP contribution in [0.1, 0.15) is 48.4 Å². The van der Waals surface area contributed by atoms with E-state index in [0.29, 0.717) is 5.92 Å². The number of aryl methyl sites for hydroxylation is 1. The van der Waals surface area contributed by atoms with Gasteiger partial charge in [-0.15, -0.1) is 21.5 Å². The van der Waals surface area contributed by atoms with E-state index in [1.165, 1.54) is 28.7 Å². The molecule has 1 fully saturated rings. The second-order valence-corrected chi connectivity index (χ2v) is 9.59. The molecule has 2 atom stereocenters. The van der Waals surface area contributed by atoms with E-state index >= 15 is 0 Å². The summed E-state index contributed by atoms with van der Waals surface area (Å²) in [6.07, 6.45) is 9.71. The summed E-state index contributed by atoms with van der Waals surface area (Å²) in [5, 5.41) is 10.2. The standard InChI is InChI=1S/C22H24N6S/c1-14-7-8-16-17(11-14)29-22-19(16)21(23-13-24-22)27-9-4-5-15(12-27)20-26-25-18-6-2-3-10-28(18)20/h2-3,6,10,13-15H,4-5,7-9,11-12H2,1H3. The van der Waals surface area contributed by atoms with Crippen LogP contribution in [-0.2, 0) is 12.8 Å². The highest BCUT2D eigenvalue weighted by Crippen LogP contribution is 2.41. The number of hydrogen-bond acceptors (Lipinski definition) is 6. The number of piperidine rings is 1. The Balaban J connectivity index is 1.39. The summed E-state index contributed by atoms with van der Waals surface area (Å²) in [5.41, 5.74) is 2.43. The van der Waals surface area contributed by atoms with Crippen LogP contribution >= 0.6 is 11.3 Å². The molecule has 7 heteroatoms. The number of fused-ring (bicyclic) bond motifs is 4. The number of nitrogens with zero attached hydrogens (tertiary/aromatic N) is 6. The van der Waals surface area contributed by atoms with Gasteiger partial charge in [-0.2, -0.15) is 0 Å². The minimum absolute atomic E-state index is 0.362. The summed E-state index contributed by atoms with van der Waals surface area (Å²) in [5.74, 6) is 3.32. The molecule has 0 N–H and O–H groups in total. The van der Waals surface area contributed by atoms with Crippen molar-refractivity contribution in [3.8, 4) is 0 Å². The van der Waals surface area contributed by atoms with E-state index < -0.39 is 0 Å². The van der Waals surface area contributed by atoms with Gasteiger partial charge in [-0.3, -0.25) is 4.40 Å². The van der Waals surface area contributed by atoms with Gasteiger partial charge >= 0.3 is 0 Å². The van der Waals surface area contributed by atoms with Crippen molar-refractivity contribution in [2.45, 2.75) is 44.9 Å². The molecule has 0 amide bonds. The molecule has 1 aliphatic heterocycles. The second kappa shape index (κ2) is 6.76. The van der Waals surface area contributed by atoms with Gasteiger partial charge in [0.15, 0.2) is 5.65 Å². The monoisotopic (exact) mass is 404 g/mol. The van der Waals surface area contributed by atoms with Crippen molar-refractivity contribution in [3.63, 3.8) is 0 Å². The van der Waals surface area contributed by atoms with E-state index in [0.717, 1.165) is 60.4 Å². The molecular weight excluding hydrogens is 380 g/mol. The van der Waals surface area contributed by atoms with Crippen LogP contribution in [0, 0.1) is 5.92 Å². The van der Waals surface area contributed by atoms with Gasteiger partial charge in [-0.05, 0) is 55.7 Å². The average molecular weight is 405 g/mol. The lowest BCUT2D eigenvalue weighted by Crippen LogP contribution is -2.35. The highest BCUT2D eigenvalue weighted by atomic mass is 32.1. The molecule has 1 aliphatic carbocycles. The number of thiophene rings is 1. The Bertz CT molecular complexity index is 1190. The molecule has 4 aromatic rings. The summed E-state index contributed by atoms with van der Waals surface area (Å²) >= 11 is 1.88. The summed E-state index contributed by atoms with van der Waals surface area (Å²) in [7, 11) is 0. The van der Waals surface area contributed by atoms with Crippen LogP contribution in [0.5, 0.6) is 0 Å². The molecule has 29 heavy (non-hydrogen) atoms. The topological polar surface area (TPSA) is 59.2 Å². The van der Waals surface area contributed by atoms with Crippen molar-refractivity contribution >= 4 is 33.0 Å². The first-order chi connectivity index (χ1) is 14.3. The van der Waals surface area contributed by atoms with Gasteiger partial charge in [0.1, 0.15) is 22.8 Å². The van der Waals surface area contributed by atoms with Crippen molar-refractivity contribution in [1.82, 2.24) is 24.6 Å². The van der Waals surface area contributed by atoms with Crippen LogP contribution in [0.2, 0.25) is 0 Å². The maximum absolute atomic E-state index is 4.79. The minimum atomic E-state index is 0.362. The first-order valence-electron chi connectivity index (χ1n) is 10.6. The number of aromatic nitrogens is 5. The molecule has 0 aromatic carbocycles. The third-order valence-electron chi connectivity index (χ3n) is 6.50. The summed E-state index contributed by atoms with van der Waals surface area (Å²) in [6, 6.07) is 6.08. The molecule has 2 unspecified atom stereocenters. The SMILES string of the molecule is CC1CCc2c(sc3ncnc(N4CCCC(c5nnc6ccccn56)C4)c23)C1. The second-order valence-electron chi connectivity index (χ2n) is 8.50. The zero-order valence-electron chi connectivity index (χ0n) is 16.6. The fourth-order valence-corrected chi connectivity index (χ4v) is 6.36. The van der Waals surface area contributed by atoms with Crippen molar-refractivity contribution in [3.05, 3.63) is 47.0 Å². The first kappa shape index (κ1) is 17.3. The molecule has 0 spiro atoms. The lowest BCUT2D eigenvalue weighted by molar-refractivity contribution is 0.486. The van der Waals surface area contributed by atoms with Gasteiger partial charge in [0.25, 0.3) is 0 Å². The number of rotatable bonds is 2. The van der Waals surface area contributed by atoms with Gasteiger partial charge in [0.05, 0.1) is 5.39 Å². The molecule has 6 rings (SSSR count). The van der Waals surface area contributed by atoms with E-state index in [9.17, 15) is 0 Å². The molecule has 0 radical (unpaired) electrons. The molecule has 0 saturated carbocycles. The molecule has 6 nitrogen and oxygen atoms in total. The summed E-state index contributed by atoms with van der Waals surface area (Å²) in [4.78, 5) is 14.6. The first-order valence-corrected chi connectivity index (χ1v) is 11.4. The lowest BCUT2D eigenvalue weighted by atomic mass is 9.89. The highest BCUT2D eigenvalue weighted by Gasteiger charge is 2.29. The minimum Gasteiger partial charge on any atom is -0.355 e. The molecule has 5 heterocycles. The summed E-state index contributed by atoms with van der Waals surface area (Å²) < 4.78 is 2.14. The average Bonchev–Trinajstić information content (AvgIpc) is 3.34. The van der Waals surface area contributed by atoms with Gasteiger partial charge < -0.3 is 4.90 Å². The van der Waals surface area contributed by atoms with Crippen LogP contribution in [0.3, 0.4) is 0 Å². The Morgan fingerprint density at radius 3 is 3.07 bits per heavy atom. The third-order valence-corrected chi connectivity index (χ3v) is 7.66. The molecule has 1 saturated heterocycles. The quantitative estimate of drug-likeness (QED) is 0.500. The van der Waals surface area contributed by atoms with Crippen LogP contribution in [0.4, 0.5) is 5.82 Å². The maximum Gasteiger partial charge on any atom is 0.160 e. The van der Waals surface area contributed by atoms with Crippen LogP contribution in [-0.4, -0.2) is 37.7 Å². The lowest BCUT2D eigenvalue weighted by Gasteiger charge is -2.33. The highest BCUT2D eigenvalue weighted by molar-refractivity contribution is 7.19. The van der Waals surface area contributed by atoms with Gasteiger partial charge in [0, 0.05) is 30.1 Å². The van der Waals surface area contributed by atoms with Crippen molar-refractivity contribution in [2.24, 2.45) is 5.92 Å². The summed E-state index contributed by atoms with van der Waals surface area (Å²) in [6.45, 7) is 4.33. The molecule has 0 bridgehead atoms. The Kier molecular flexibility index (Phi) is 4.04. The normalized spacial score (nSPS) is 22.3. The predicted octanol–water partition coefficient (Wildman–Crippen LogP) is 4.24. The van der Waals surface area contributed by atoms with Gasteiger partial charge in [0.2, 0.25) is 0 Å². The van der Waals surface area contributed by atoms with Crippen LogP contribution < -0.4 is 4.90 Å². The molecular formula is C22H24N6S. The van der Waals surface area contributed by atoms with Gasteiger partial charge in [-0.25, -0.2) is 9.97 Å². The zero-order valence-corrected chi connectivity index (χ0v) is 17.4. The Morgan fingerprint density at radius 1 is 1.14 bits per heavy atom. The van der Waals surface area contributed by atoms with Crippen molar-refractivity contribution in [1.29, 1.82) is 0 Å². The molecule has 2 aliphatic rings. The number of hydrogen-bond donors (Lipinski definition) is 0. The Hall–Kier alpha value is -2.54. The zero-order chi connectivity index (χ0) is 19.4. The van der Waals surface area contributed by atoms with Crippen molar-refractivity contribution < 1.29 is 0 Å². The van der Waals surface area contributed by atoms with Gasteiger partial charge in [-0.1, -0.05) is 13.0 Å². The van der Waals surface area contributed by atoms with Crippen molar-refractivity contribution in [2.75, 3.05) is 18.0 Å². The van der Waals surface area contributed by atoms with Crippen LogP contribution in [0.15, 0.2) is 30.7 Å². The maximum atomic E-state index is 4.79. The Morgan fingerprint density at radius 2 is 2.10 bits per heavy atom. The third kappa shape index (κ3) is 2.82. The van der Waals surface area contributed by atoms with E-state index in [1.54, 1.807) is 6.33 Å². The molecule has 148 valence electrons. The smallest absolute Gasteiger partial charge is 0.160 e. The van der Waals surface area contributed by atoms with E-state index in [2.05, 4.69) is 37.6 Å². The largest absolute Gasteiger partial charge is 0.355 e. The molecule has 4 aromatic heterocycles. The van der Waals surface area contributed by atoms with E-state index in [-0.39, 0.29) is 0 Å².